The molecule has 2 aromatic rings. The summed E-state index contributed by atoms with van der Waals surface area (Å²) in [6.45, 7) is 0.974. The number of carbonyl (C=O) groups excluding carboxylic acids is 2. The standard InChI is InChI=1S/C21H24N2O6S/c1-28-18-10-8-17(9-11-18)22-30(26,27)19-7-5-6-16(14-19)21(25)29-15-20(24)23-12-3-2-4-13-23/h5-11,14,22H,2-4,12-13,15H2,1H3. The zero-order chi connectivity index (χ0) is 21.6. The Morgan fingerprint density at radius 3 is 2.40 bits per heavy atom. The first-order valence-electron chi connectivity index (χ1n) is 9.61. The number of amides is 1. The molecule has 1 fully saturated rings. The first-order chi connectivity index (χ1) is 14.4. The molecule has 9 heteroatoms. The van der Waals surface area contributed by atoms with Crippen LogP contribution in [0.15, 0.2) is 53.4 Å². The zero-order valence-corrected chi connectivity index (χ0v) is 17.5. The summed E-state index contributed by atoms with van der Waals surface area (Å²) in [5.41, 5.74) is 0.412. The second kappa shape index (κ2) is 9.62. The van der Waals surface area contributed by atoms with Gasteiger partial charge in [-0.3, -0.25) is 9.52 Å². The maximum atomic E-state index is 12.6. The van der Waals surface area contributed by atoms with Crippen LogP contribution in [0.25, 0.3) is 0 Å². The highest BCUT2D eigenvalue weighted by molar-refractivity contribution is 7.92. The summed E-state index contributed by atoms with van der Waals surface area (Å²) < 4.78 is 37.9. The molecule has 0 aromatic heterocycles. The number of ether oxygens (including phenoxy) is 2. The smallest absolute Gasteiger partial charge is 0.338 e. The van der Waals surface area contributed by atoms with Crippen molar-refractivity contribution < 1.29 is 27.5 Å². The van der Waals surface area contributed by atoms with E-state index in [0.717, 1.165) is 19.3 Å². The molecule has 160 valence electrons. The molecular weight excluding hydrogens is 408 g/mol. The van der Waals surface area contributed by atoms with Crippen LogP contribution < -0.4 is 9.46 Å². The van der Waals surface area contributed by atoms with E-state index in [2.05, 4.69) is 4.72 Å². The molecule has 2 aromatic carbocycles. The lowest BCUT2D eigenvalue weighted by molar-refractivity contribution is -0.135. The monoisotopic (exact) mass is 432 g/mol. The molecule has 3 rings (SSSR count). The van der Waals surface area contributed by atoms with Gasteiger partial charge in [0.05, 0.1) is 17.6 Å². The van der Waals surface area contributed by atoms with Gasteiger partial charge in [-0.05, 0) is 61.7 Å². The summed E-state index contributed by atoms with van der Waals surface area (Å²) in [4.78, 5) is 26.0. The molecule has 8 nitrogen and oxygen atoms in total. The van der Waals surface area contributed by atoms with E-state index in [1.54, 1.807) is 29.2 Å². The van der Waals surface area contributed by atoms with Crippen molar-refractivity contribution in [3.63, 3.8) is 0 Å². The van der Waals surface area contributed by atoms with Crippen LogP contribution in [-0.2, 0) is 19.6 Å². The Morgan fingerprint density at radius 2 is 1.73 bits per heavy atom. The fourth-order valence-electron chi connectivity index (χ4n) is 3.11. The van der Waals surface area contributed by atoms with Gasteiger partial charge in [-0.2, -0.15) is 0 Å². The highest BCUT2D eigenvalue weighted by Crippen LogP contribution is 2.20. The van der Waals surface area contributed by atoms with Crippen LogP contribution in [0.5, 0.6) is 5.75 Å². The van der Waals surface area contributed by atoms with Crippen molar-refractivity contribution in [3.05, 3.63) is 54.1 Å². The normalized spacial score (nSPS) is 14.1. The molecule has 1 amide bonds. The van der Waals surface area contributed by atoms with Crippen LogP contribution in [0.2, 0.25) is 0 Å². The molecule has 0 unspecified atom stereocenters. The summed E-state index contributed by atoms with van der Waals surface area (Å²) >= 11 is 0. The van der Waals surface area contributed by atoms with E-state index in [-0.39, 0.29) is 23.0 Å². The Balaban J connectivity index is 1.64. The first kappa shape index (κ1) is 21.6. The molecule has 0 atom stereocenters. The minimum atomic E-state index is -3.91. The number of nitrogens with zero attached hydrogens (tertiary/aromatic N) is 1. The number of methoxy groups -OCH3 is 1. The van der Waals surface area contributed by atoms with Gasteiger partial charge in [0.1, 0.15) is 5.75 Å². The summed E-state index contributed by atoms with van der Waals surface area (Å²) in [6.07, 6.45) is 2.98. The summed E-state index contributed by atoms with van der Waals surface area (Å²) in [6, 6.07) is 11.9. The number of sulfonamides is 1. The highest BCUT2D eigenvalue weighted by atomic mass is 32.2. The van der Waals surface area contributed by atoms with Crippen molar-refractivity contribution in [2.75, 3.05) is 31.5 Å². The van der Waals surface area contributed by atoms with Crippen molar-refractivity contribution >= 4 is 27.6 Å². The Morgan fingerprint density at radius 1 is 1.03 bits per heavy atom. The molecule has 0 bridgehead atoms. The fraction of sp³-hybridized carbons (Fsp3) is 0.333. The number of nitrogens with one attached hydrogen (secondary N) is 1. The lowest BCUT2D eigenvalue weighted by Gasteiger charge is -2.26. The van der Waals surface area contributed by atoms with E-state index in [1.165, 1.54) is 31.4 Å². The van der Waals surface area contributed by atoms with Gasteiger partial charge < -0.3 is 14.4 Å². The Kier molecular flexibility index (Phi) is 6.94. The number of piperidine rings is 1. The third-order valence-electron chi connectivity index (χ3n) is 4.76. The van der Waals surface area contributed by atoms with Gasteiger partial charge in [0.25, 0.3) is 15.9 Å². The Bertz CT molecular complexity index is 998. The molecule has 0 spiro atoms. The van der Waals surface area contributed by atoms with Gasteiger partial charge >= 0.3 is 5.97 Å². The molecule has 30 heavy (non-hydrogen) atoms. The molecular formula is C21H24N2O6S. The molecule has 0 radical (unpaired) electrons. The molecule has 1 aliphatic rings. The molecule has 0 aliphatic carbocycles. The number of carbonyl (C=O) groups is 2. The molecule has 0 saturated carbocycles. The van der Waals surface area contributed by atoms with Gasteiger partial charge in [-0.1, -0.05) is 6.07 Å². The molecule has 1 aliphatic heterocycles. The number of esters is 1. The topological polar surface area (TPSA) is 102 Å². The summed E-state index contributed by atoms with van der Waals surface area (Å²) in [7, 11) is -2.39. The minimum absolute atomic E-state index is 0.0547. The first-order valence-corrected chi connectivity index (χ1v) is 11.1. The van der Waals surface area contributed by atoms with E-state index in [0.29, 0.717) is 24.5 Å². The third-order valence-corrected chi connectivity index (χ3v) is 6.14. The predicted octanol–water partition coefficient (Wildman–Crippen LogP) is 2.67. The maximum absolute atomic E-state index is 12.6. The lowest BCUT2D eigenvalue weighted by atomic mass is 10.1. The molecule has 1 N–H and O–H groups in total. The van der Waals surface area contributed by atoms with Crippen molar-refractivity contribution in [2.45, 2.75) is 24.2 Å². The van der Waals surface area contributed by atoms with E-state index in [1.807, 2.05) is 0 Å². The van der Waals surface area contributed by atoms with Gasteiger partial charge in [-0.15, -0.1) is 0 Å². The third kappa shape index (κ3) is 5.50. The van der Waals surface area contributed by atoms with E-state index in [4.69, 9.17) is 9.47 Å². The van der Waals surface area contributed by atoms with E-state index in [9.17, 15) is 18.0 Å². The number of rotatable bonds is 7. The van der Waals surface area contributed by atoms with Crippen LogP contribution in [0.1, 0.15) is 29.6 Å². The van der Waals surface area contributed by atoms with E-state index < -0.39 is 16.0 Å². The molecule has 1 saturated heterocycles. The van der Waals surface area contributed by atoms with Crippen molar-refractivity contribution in [1.29, 1.82) is 0 Å². The fourth-order valence-corrected chi connectivity index (χ4v) is 4.21. The minimum Gasteiger partial charge on any atom is -0.497 e. The van der Waals surface area contributed by atoms with Crippen molar-refractivity contribution in [2.24, 2.45) is 0 Å². The van der Waals surface area contributed by atoms with Crippen LogP contribution in [0.4, 0.5) is 5.69 Å². The Hall–Kier alpha value is -3.07. The van der Waals surface area contributed by atoms with Crippen LogP contribution in [-0.4, -0.2) is 52.0 Å². The van der Waals surface area contributed by atoms with Gasteiger partial charge in [-0.25, -0.2) is 13.2 Å². The average molecular weight is 432 g/mol. The highest BCUT2D eigenvalue weighted by Gasteiger charge is 2.20. The number of anilines is 1. The number of likely N-dealkylation sites (tertiary alicyclic amines) is 1. The van der Waals surface area contributed by atoms with Crippen LogP contribution >= 0.6 is 0 Å². The zero-order valence-electron chi connectivity index (χ0n) is 16.7. The van der Waals surface area contributed by atoms with Crippen molar-refractivity contribution in [3.8, 4) is 5.75 Å². The van der Waals surface area contributed by atoms with Gasteiger partial charge in [0.2, 0.25) is 0 Å². The van der Waals surface area contributed by atoms with Crippen molar-refractivity contribution in [1.82, 2.24) is 4.90 Å². The summed E-state index contributed by atoms with van der Waals surface area (Å²) in [5, 5.41) is 0. The quantitative estimate of drug-likeness (QED) is 0.675. The van der Waals surface area contributed by atoms with Gasteiger partial charge in [0.15, 0.2) is 6.61 Å². The summed E-state index contributed by atoms with van der Waals surface area (Å²) in [5.74, 6) is -0.392. The second-order valence-electron chi connectivity index (χ2n) is 6.88. The van der Waals surface area contributed by atoms with Gasteiger partial charge in [0, 0.05) is 18.8 Å². The van der Waals surface area contributed by atoms with E-state index >= 15 is 0 Å². The lowest BCUT2D eigenvalue weighted by Crippen LogP contribution is -2.38. The number of hydrogen-bond donors (Lipinski definition) is 1. The van der Waals surface area contributed by atoms with Crippen LogP contribution in [0, 0.1) is 0 Å². The van der Waals surface area contributed by atoms with Crippen LogP contribution in [0.3, 0.4) is 0 Å². The number of benzene rings is 2. The maximum Gasteiger partial charge on any atom is 0.338 e. The largest absolute Gasteiger partial charge is 0.497 e. The number of hydrogen-bond acceptors (Lipinski definition) is 6. The SMILES string of the molecule is COc1ccc(NS(=O)(=O)c2cccc(C(=O)OCC(=O)N3CCCCC3)c2)cc1. The predicted molar refractivity (Wildman–Crippen MR) is 111 cm³/mol. The average Bonchev–Trinajstić information content (AvgIpc) is 2.78. The molecule has 1 heterocycles. The second-order valence-corrected chi connectivity index (χ2v) is 8.56. The Labute approximate surface area is 175 Å².